The number of hydrogen-bond acceptors (Lipinski definition) is 4. The Labute approximate surface area is 137 Å². The van der Waals surface area contributed by atoms with Crippen LogP contribution in [0.4, 0.5) is 0 Å². The largest absolute Gasteiger partial charge is 0.381 e. The molecule has 2 heterocycles. The van der Waals surface area contributed by atoms with Crippen LogP contribution in [0.1, 0.15) is 29.9 Å². The first-order valence-electron chi connectivity index (χ1n) is 8.37. The van der Waals surface area contributed by atoms with Crippen LogP contribution in [0.5, 0.6) is 0 Å². The molecule has 1 aromatic heterocycles. The summed E-state index contributed by atoms with van der Waals surface area (Å²) in [7, 11) is 2.08. The van der Waals surface area contributed by atoms with E-state index in [4.69, 9.17) is 10.5 Å². The number of aromatic amines is 1. The van der Waals surface area contributed by atoms with Crippen LogP contribution < -0.4 is 5.73 Å². The Bertz CT molecular complexity index is 602. The SMILES string of the molecule is CN(CCN)Cc1cn[nH]c1-c1ccc(C2CCOCC2)cc1. The Morgan fingerprint density at radius 1 is 1.26 bits per heavy atom. The van der Waals surface area contributed by atoms with Gasteiger partial charge in [0, 0.05) is 38.4 Å². The van der Waals surface area contributed by atoms with Gasteiger partial charge in [-0.25, -0.2) is 0 Å². The third-order valence-corrected chi connectivity index (χ3v) is 4.56. The number of aromatic nitrogens is 2. The molecular formula is C18H26N4O. The van der Waals surface area contributed by atoms with E-state index in [0.29, 0.717) is 12.5 Å². The normalized spacial score (nSPS) is 16.1. The number of benzene rings is 1. The summed E-state index contributed by atoms with van der Waals surface area (Å²) in [6.07, 6.45) is 4.16. The number of H-pyrrole nitrogens is 1. The van der Waals surface area contributed by atoms with E-state index >= 15 is 0 Å². The smallest absolute Gasteiger partial charge is 0.0695 e. The molecule has 5 nitrogen and oxygen atoms in total. The van der Waals surface area contributed by atoms with Gasteiger partial charge in [-0.15, -0.1) is 0 Å². The number of ether oxygens (including phenoxy) is 1. The van der Waals surface area contributed by atoms with Gasteiger partial charge in [-0.3, -0.25) is 5.10 Å². The highest BCUT2D eigenvalue weighted by molar-refractivity contribution is 5.63. The van der Waals surface area contributed by atoms with Crippen molar-refractivity contribution in [1.82, 2.24) is 15.1 Å². The molecule has 0 unspecified atom stereocenters. The number of likely N-dealkylation sites (N-methyl/N-ethyl adjacent to an activating group) is 1. The second kappa shape index (κ2) is 7.73. The summed E-state index contributed by atoms with van der Waals surface area (Å²) in [6, 6.07) is 8.90. The molecule has 124 valence electrons. The lowest BCUT2D eigenvalue weighted by Crippen LogP contribution is -2.25. The fraction of sp³-hybridized carbons (Fsp3) is 0.500. The maximum absolute atomic E-state index is 5.62. The van der Waals surface area contributed by atoms with E-state index in [1.165, 1.54) is 16.7 Å². The average molecular weight is 314 g/mol. The predicted octanol–water partition coefficient (Wildman–Crippen LogP) is 2.36. The maximum Gasteiger partial charge on any atom is 0.0695 e. The molecule has 1 aliphatic rings. The van der Waals surface area contributed by atoms with Gasteiger partial charge in [0.05, 0.1) is 11.9 Å². The summed E-state index contributed by atoms with van der Waals surface area (Å²) in [5.74, 6) is 0.634. The zero-order valence-electron chi connectivity index (χ0n) is 13.8. The van der Waals surface area contributed by atoms with E-state index in [9.17, 15) is 0 Å². The predicted molar refractivity (Wildman–Crippen MR) is 92.2 cm³/mol. The lowest BCUT2D eigenvalue weighted by atomic mass is 9.91. The lowest BCUT2D eigenvalue weighted by molar-refractivity contribution is 0.0853. The first kappa shape index (κ1) is 16.2. The Morgan fingerprint density at radius 3 is 2.70 bits per heavy atom. The first-order chi connectivity index (χ1) is 11.3. The number of nitrogens with two attached hydrogens (primary N) is 1. The van der Waals surface area contributed by atoms with Crippen LogP contribution in [0, 0.1) is 0 Å². The molecule has 1 fully saturated rings. The van der Waals surface area contributed by atoms with E-state index < -0.39 is 0 Å². The first-order valence-corrected chi connectivity index (χ1v) is 8.37. The molecular weight excluding hydrogens is 288 g/mol. The summed E-state index contributed by atoms with van der Waals surface area (Å²) in [5.41, 5.74) is 10.5. The number of nitrogens with one attached hydrogen (secondary N) is 1. The summed E-state index contributed by atoms with van der Waals surface area (Å²) < 4.78 is 5.45. The van der Waals surface area contributed by atoms with Gasteiger partial charge in [0.1, 0.15) is 0 Å². The molecule has 0 radical (unpaired) electrons. The van der Waals surface area contributed by atoms with Gasteiger partial charge >= 0.3 is 0 Å². The van der Waals surface area contributed by atoms with Gasteiger partial charge in [-0.2, -0.15) is 5.10 Å². The second-order valence-corrected chi connectivity index (χ2v) is 6.31. The van der Waals surface area contributed by atoms with Crippen LogP contribution in [0.2, 0.25) is 0 Å². The number of nitrogens with zero attached hydrogens (tertiary/aromatic N) is 2. The molecule has 1 aromatic carbocycles. The number of hydrogen-bond donors (Lipinski definition) is 2. The summed E-state index contributed by atoms with van der Waals surface area (Å²) in [5, 5.41) is 7.37. The fourth-order valence-corrected chi connectivity index (χ4v) is 3.22. The minimum absolute atomic E-state index is 0.634. The Balaban J connectivity index is 1.73. The van der Waals surface area contributed by atoms with Crippen molar-refractivity contribution in [2.24, 2.45) is 5.73 Å². The molecule has 1 aliphatic heterocycles. The molecule has 23 heavy (non-hydrogen) atoms. The fourth-order valence-electron chi connectivity index (χ4n) is 3.22. The Hall–Kier alpha value is -1.69. The van der Waals surface area contributed by atoms with Crippen LogP contribution in [-0.4, -0.2) is 48.4 Å². The van der Waals surface area contributed by atoms with Crippen LogP contribution in [-0.2, 0) is 11.3 Å². The molecule has 0 saturated carbocycles. The van der Waals surface area contributed by atoms with Crippen molar-refractivity contribution >= 4 is 0 Å². The van der Waals surface area contributed by atoms with E-state index in [1.807, 2.05) is 6.20 Å². The van der Waals surface area contributed by atoms with E-state index in [-0.39, 0.29) is 0 Å². The third-order valence-electron chi connectivity index (χ3n) is 4.56. The zero-order chi connectivity index (χ0) is 16.1. The van der Waals surface area contributed by atoms with E-state index in [1.54, 1.807) is 0 Å². The van der Waals surface area contributed by atoms with Gasteiger partial charge in [0.2, 0.25) is 0 Å². The van der Waals surface area contributed by atoms with Crippen molar-refractivity contribution in [3.05, 3.63) is 41.6 Å². The zero-order valence-corrected chi connectivity index (χ0v) is 13.8. The van der Waals surface area contributed by atoms with Gasteiger partial charge in [-0.1, -0.05) is 24.3 Å². The molecule has 0 spiro atoms. The monoisotopic (exact) mass is 314 g/mol. The molecule has 5 heteroatoms. The molecule has 0 atom stereocenters. The minimum atomic E-state index is 0.634. The summed E-state index contributed by atoms with van der Waals surface area (Å²) >= 11 is 0. The summed E-state index contributed by atoms with van der Waals surface area (Å²) in [4.78, 5) is 2.21. The van der Waals surface area contributed by atoms with Crippen LogP contribution in [0.25, 0.3) is 11.3 Å². The molecule has 3 rings (SSSR count). The summed E-state index contributed by atoms with van der Waals surface area (Å²) in [6.45, 7) is 4.16. The second-order valence-electron chi connectivity index (χ2n) is 6.31. The number of rotatable bonds is 6. The highest BCUT2D eigenvalue weighted by Gasteiger charge is 2.16. The average Bonchev–Trinajstić information content (AvgIpc) is 3.04. The minimum Gasteiger partial charge on any atom is -0.381 e. The van der Waals surface area contributed by atoms with Crippen LogP contribution >= 0.6 is 0 Å². The topological polar surface area (TPSA) is 67.2 Å². The van der Waals surface area contributed by atoms with Crippen LogP contribution in [0.3, 0.4) is 0 Å². The van der Waals surface area contributed by atoms with Crippen molar-refractivity contribution in [1.29, 1.82) is 0 Å². The molecule has 0 bridgehead atoms. The highest BCUT2D eigenvalue weighted by Crippen LogP contribution is 2.29. The van der Waals surface area contributed by atoms with E-state index in [2.05, 4.69) is 46.4 Å². The van der Waals surface area contributed by atoms with Crippen LogP contribution in [0.15, 0.2) is 30.5 Å². The van der Waals surface area contributed by atoms with Gasteiger partial charge in [0.25, 0.3) is 0 Å². The standard InChI is InChI=1S/C18H26N4O/c1-22(9-8-19)13-17-12-20-21-18(17)16-4-2-14(3-5-16)15-6-10-23-11-7-15/h2-5,12,15H,6-11,13,19H2,1H3,(H,20,21). The third kappa shape index (κ3) is 3.99. The lowest BCUT2D eigenvalue weighted by Gasteiger charge is -2.22. The molecule has 0 aliphatic carbocycles. The molecule has 0 amide bonds. The maximum atomic E-state index is 5.62. The van der Waals surface area contributed by atoms with Crippen molar-refractivity contribution in [3.63, 3.8) is 0 Å². The molecule has 3 N–H and O–H groups in total. The Morgan fingerprint density at radius 2 is 2.00 bits per heavy atom. The highest BCUT2D eigenvalue weighted by atomic mass is 16.5. The van der Waals surface area contributed by atoms with Crippen molar-refractivity contribution in [2.45, 2.75) is 25.3 Å². The van der Waals surface area contributed by atoms with Crippen molar-refractivity contribution in [3.8, 4) is 11.3 Å². The van der Waals surface area contributed by atoms with Crippen molar-refractivity contribution in [2.75, 3.05) is 33.4 Å². The van der Waals surface area contributed by atoms with Crippen molar-refractivity contribution < 1.29 is 4.74 Å². The van der Waals surface area contributed by atoms with E-state index in [0.717, 1.165) is 44.8 Å². The Kier molecular flexibility index (Phi) is 5.43. The van der Waals surface area contributed by atoms with Gasteiger partial charge in [-0.05, 0) is 36.9 Å². The quantitative estimate of drug-likeness (QED) is 0.859. The molecule has 2 aromatic rings. The van der Waals surface area contributed by atoms with Gasteiger partial charge in [0.15, 0.2) is 0 Å². The van der Waals surface area contributed by atoms with Gasteiger partial charge < -0.3 is 15.4 Å². The molecule has 1 saturated heterocycles.